The molecule has 3 aromatic heterocycles. The van der Waals surface area contributed by atoms with E-state index >= 15 is 0 Å². The van der Waals surface area contributed by atoms with E-state index in [1.54, 1.807) is 38.5 Å². The van der Waals surface area contributed by atoms with Gasteiger partial charge in [-0.1, -0.05) is 6.07 Å². The third kappa shape index (κ3) is 3.34. The van der Waals surface area contributed by atoms with Crippen LogP contribution in [0.2, 0.25) is 0 Å². The second-order valence-corrected chi connectivity index (χ2v) is 8.00. The van der Waals surface area contributed by atoms with Gasteiger partial charge in [0.25, 0.3) is 0 Å². The van der Waals surface area contributed by atoms with Crippen LogP contribution >= 0.6 is 0 Å². The monoisotopic (exact) mass is 388 g/mol. The normalized spacial score (nSPS) is 14.4. The Bertz CT molecular complexity index is 1250. The van der Waals surface area contributed by atoms with Crippen LogP contribution in [-0.2, 0) is 10.4 Å². The number of rotatable bonds is 4. The number of carbonyl (C=O) groups is 1. The largest absolute Gasteiger partial charge is 0.436 e. The zero-order valence-corrected chi connectivity index (χ0v) is 16.1. The summed E-state index contributed by atoms with van der Waals surface area (Å²) in [5.41, 5.74) is 1.80. The first-order valence-corrected chi connectivity index (χ1v) is 9.57. The molecule has 1 aromatic carbocycles. The molecule has 3 heterocycles. The highest BCUT2D eigenvalue weighted by atomic mass is 16.3. The molecule has 1 amide bonds. The number of hydrogen-bond donors (Lipinski definition) is 2. The minimum atomic E-state index is -0.964. The van der Waals surface area contributed by atoms with Crippen molar-refractivity contribution in [1.82, 2.24) is 15.0 Å². The average molecular weight is 388 g/mol. The van der Waals surface area contributed by atoms with Crippen LogP contribution in [-0.4, -0.2) is 26.0 Å². The van der Waals surface area contributed by atoms with Crippen molar-refractivity contribution in [3.05, 3.63) is 48.4 Å². The topological polar surface area (TPSA) is 101 Å². The van der Waals surface area contributed by atoms with Crippen molar-refractivity contribution < 1.29 is 14.3 Å². The number of fused-ring (bicyclic) bond motifs is 2. The van der Waals surface area contributed by atoms with Gasteiger partial charge in [0.2, 0.25) is 11.8 Å². The second kappa shape index (κ2) is 6.35. The fourth-order valence-electron chi connectivity index (χ4n) is 3.30. The Morgan fingerprint density at radius 2 is 2.03 bits per heavy atom. The third-order valence-electron chi connectivity index (χ3n) is 5.17. The number of aromatic nitrogens is 3. The number of amides is 1. The summed E-state index contributed by atoms with van der Waals surface area (Å²) in [4.78, 5) is 25.3. The van der Waals surface area contributed by atoms with E-state index in [2.05, 4.69) is 20.3 Å². The van der Waals surface area contributed by atoms with Crippen molar-refractivity contribution in [3.8, 4) is 11.5 Å². The van der Waals surface area contributed by atoms with Gasteiger partial charge in [-0.3, -0.25) is 9.78 Å². The van der Waals surface area contributed by atoms with Crippen LogP contribution in [0.25, 0.3) is 33.3 Å². The van der Waals surface area contributed by atoms with Crippen molar-refractivity contribution in [2.24, 2.45) is 5.92 Å². The number of nitrogens with one attached hydrogen (secondary N) is 1. The molecule has 0 atom stereocenters. The second-order valence-electron chi connectivity index (χ2n) is 8.00. The number of pyridine rings is 2. The summed E-state index contributed by atoms with van der Waals surface area (Å²) in [6.45, 7) is 3.46. The quantitative estimate of drug-likeness (QED) is 0.548. The molecule has 146 valence electrons. The predicted octanol–water partition coefficient (Wildman–Crippen LogP) is 4.01. The summed E-state index contributed by atoms with van der Waals surface area (Å²) in [5.74, 6) is 1.04. The molecule has 7 nitrogen and oxygen atoms in total. The van der Waals surface area contributed by atoms with Gasteiger partial charge in [0.05, 0.1) is 11.2 Å². The summed E-state index contributed by atoms with van der Waals surface area (Å²) in [7, 11) is 0. The van der Waals surface area contributed by atoms with E-state index in [1.807, 2.05) is 18.2 Å². The maximum absolute atomic E-state index is 12.1. The smallest absolute Gasteiger partial charge is 0.229 e. The molecule has 1 aliphatic rings. The highest BCUT2D eigenvalue weighted by molar-refractivity contribution is 5.99. The number of oxazole rings is 1. The lowest BCUT2D eigenvalue weighted by molar-refractivity contribution is -0.117. The highest BCUT2D eigenvalue weighted by Gasteiger charge is 2.29. The number of benzene rings is 1. The Morgan fingerprint density at radius 3 is 2.79 bits per heavy atom. The Hall–Kier alpha value is -3.32. The van der Waals surface area contributed by atoms with E-state index in [1.165, 1.54) is 0 Å². The molecule has 1 saturated carbocycles. The first-order valence-electron chi connectivity index (χ1n) is 9.57. The Balaban J connectivity index is 1.59. The summed E-state index contributed by atoms with van der Waals surface area (Å²) >= 11 is 0. The van der Waals surface area contributed by atoms with E-state index < -0.39 is 5.60 Å². The maximum Gasteiger partial charge on any atom is 0.229 e. The van der Waals surface area contributed by atoms with Crippen LogP contribution in [0, 0.1) is 5.92 Å². The van der Waals surface area contributed by atoms with Gasteiger partial charge in [-0.25, -0.2) is 9.97 Å². The zero-order chi connectivity index (χ0) is 20.2. The van der Waals surface area contributed by atoms with Gasteiger partial charge in [0.15, 0.2) is 5.58 Å². The van der Waals surface area contributed by atoms with Crippen LogP contribution in [0.15, 0.2) is 47.3 Å². The lowest BCUT2D eigenvalue weighted by Crippen LogP contribution is -2.14. The van der Waals surface area contributed by atoms with Crippen LogP contribution in [0.4, 0.5) is 5.82 Å². The highest BCUT2D eigenvalue weighted by Crippen LogP contribution is 2.33. The molecule has 2 N–H and O–H groups in total. The summed E-state index contributed by atoms with van der Waals surface area (Å²) < 4.78 is 5.96. The number of hydrogen-bond acceptors (Lipinski definition) is 6. The van der Waals surface area contributed by atoms with Crippen molar-refractivity contribution in [2.45, 2.75) is 32.3 Å². The Morgan fingerprint density at radius 1 is 1.21 bits per heavy atom. The number of carbonyl (C=O) groups excluding carboxylic acids is 1. The van der Waals surface area contributed by atoms with Crippen LogP contribution < -0.4 is 5.32 Å². The van der Waals surface area contributed by atoms with Crippen molar-refractivity contribution in [2.75, 3.05) is 5.32 Å². The molecule has 0 spiro atoms. The fourth-order valence-corrected chi connectivity index (χ4v) is 3.30. The third-order valence-corrected chi connectivity index (χ3v) is 5.17. The number of nitrogens with zero attached hydrogens (tertiary/aromatic N) is 3. The van der Waals surface area contributed by atoms with Crippen molar-refractivity contribution in [3.63, 3.8) is 0 Å². The van der Waals surface area contributed by atoms with E-state index in [0.717, 1.165) is 29.2 Å². The molecule has 1 aliphatic carbocycles. The molecular formula is C22H20N4O3. The van der Waals surface area contributed by atoms with Gasteiger partial charge in [-0.15, -0.1) is 0 Å². The number of anilines is 1. The van der Waals surface area contributed by atoms with Crippen molar-refractivity contribution in [1.29, 1.82) is 0 Å². The summed E-state index contributed by atoms with van der Waals surface area (Å²) in [5, 5.41) is 14.8. The molecule has 0 unspecified atom stereocenters. The minimum absolute atomic E-state index is 0.00784. The molecule has 7 heteroatoms. The van der Waals surface area contributed by atoms with Gasteiger partial charge in [0, 0.05) is 35.3 Å². The molecule has 4 aromatic rings. The molecule has 5 rings (SSSR count). The average Bonchev–Trinajstić information content (AvgIpc) is 3.45. The first-order chi connectivity index (χ1) is 13.9. The molecule has 0 aliphatic heterocycles. The van der Waals surface area contributed by atoms with E-state index in [-0.39, 0.29) is 11.8 Å². The van der Waals surface area contributed by atoms with Crippen LogP contribution in [0.5, 0.6) is 0 Å². The van der Waals surface area contributed by atoms with Gasteiger partial charge in [-0.2, -0.15) is 0 Å². The van der Waals surface area contributed by atoms with Crippen molar-refractivity contribution >= 4 is 33.6 Å². The summed E-state index contributed by atoms with van der Waals surface area (Å²) in [6.07, 6.45) is 6.96. The van der Waals surface area contributed by atoms with Gasteiger partial charge in [0.1, 0.15) is 11.3 Å². The summed E-state index contributed by atoms with van der Waals surface area (Å²) in [6, 6.07) is 7.28. The Labute approximate surface area is 166 Å². The standard InChI is InChI=1S/C22H20N4O3/c1-22(2,28)14-5-6-18-17(7-14)25-21(29-18)16-11-23-9-13-10-24-19(8-15(13)16)26-20(27)12-3-4-12/h5-12,28H,3-4H2,1-2H3,(H,24,26,27). The first kappa shape index (κ1) is 17.8. The van der Waals surface area contributed by atoms with Crippen LogP contribution in [0.1, 0.15) is 32.3 Å². The molecule has 0 bridgehead atoms. The zero-order valence-electron chi connectivity index (χ0n) is 16.1. The van der Waals surface area contributed by atoms with Gasteiger partial charge in [-0.05, 0) is 50.5 Å². The van der Waals surface area contributed by atoms with E-state index in [9.17, 15) is 9.90 Å². The predicted molar refractivity (Wildman–Crippen MR) is 109 cm³/mol. The minimum Gasteiger partial charge on any atom is -0.436 e. The molecule has 29 heavy (non-hydrogen) atoms. The van der Waals surface area contributed by atoms with Crippen LogP contribution in [0.3, 0.4) is 0 Å². The molecule has 1 fully saturated rings. The SMILES string of the molecule is CC(C)(O)c1ccc2oc(-c3cncc4cnc(NC(=O)C5CC5)cc34)nc2c1. The molecular weight excluding hydrogens is 368 g/mol. The Kier molecular flexibility index (Phi) is 3.89. The van der Waals surface area contributed by atoms with E-state index in [4.69, 9.17) is 4.42 Å². The number of aliphatic hydroxyl groups is 1. The lowest BCUT2D eigenvalue weighted by atomic mass is 9.98. The fraction of sp³-hybridized carbons (Fsp3) is 0.273. The maximum atomic E-state index is 12.1. The van der Waals surface area contributed by atoms with Gasteiger partial charge < -0.3 is 14.8 Å². The lowest BCUT2D eigenvalue weighted by Gasteiger charge is -2.16. The molecule has 0 radical (unpaired) electrons. The van der Waals surface area contributed by atoms with E-state index in [0.29, 0.717) is 28.4 Å². The molecule has 0 saturated heterocycles. The van der Waals surface area contributed by atoms with Gasteiger partial charge >= 0.3 is 0 Å².